The van der Waals surface area contributed by atoms with Gasteiger partial charge in [0.05, 0.1) is 0 Å². The number of hydrogen-bond donors (Lipinski definition) is 1. The van der Waals surface area contributed by atoms with Crippen LogP contribution in [0, 0.1) is 0 Å². The van der Waals surface area contributed by atoms with Gasteiger partial charge in [-0.25, -0.2) is 4.79 Å². The van der Waals surface area contributed by atoms with Crippen LogP contribution in [-0.2, 0) is 33.5 Å². The number of nitrogens with one attached hydrogen (secondary N) is 1. The van der Waals surface area contributed by atoms with E-state index in [1.54, 1.807) is 14.0 Å². The summed E-state index contributed by atoms with van der Waals surface area (Å²) in [7, 11) is 1.68. The Morgan fingerprint density at radius 1 is 1.00 bits per heavy atom. The van der Waals surface area contributed by atoms with Crippen LogP contribution in [0.25, 0.3) is 0 Å². The summed E-state index contributed by atoms with van der Waals surface area (Å²) in [6, 6.07) is 15.2. The molecule has 6 heteroatoms. The summed E-state index contributed by atoms with van der Waals surface area (Å²) in [4.78, 5) is 41.1. The largest absolute Gasteiger partial charge is 0.340 e. The van der Waals surface area contributed by atoms with Crippen LogP contribution in [-0.4, -0.2) is 41.2 Å². The third-order valence-corrected chi connectivity index (χ3v) is 6.17. The maximum atomic E-state index is 13.2. The van der Waals surface area contributed by atoms with Gasteiger partial charge in [0.25, 0.3) is 5.91 Å². The average molecular weight is 436 g/mol. The van der Waals surface area contributed by atoms with E-state index in [1.807, 2.05) is 48.5 Å². The van der Waals surface area contributed by atoms with Crippen molar-refractivity contribution in [1.82, 2.24) is 15.1 Å². The first-order valence-electron chi connectivity index (χ1n) is 11.0. The van der Waals surface area contributed by atoms with Gasteiger partial charge in [-0.2, -0.15) is 0 Å². The Balaban J connectivity index is 1.70. The molecule has 1 heterocycles. The first-order chi connectivity index (χ1) is 15.0. The van der Waals surface area contributed by atoms with E-state index in [0.717, 1.165) is 22.4 Å². The lowest BCUT2D eigenvalue weighted by Gasteiger charge is -2.25. The van der Waals surface area contributed by atoms with Crippen molar-refractivity contribution in [2.75, 3.05) is 13.6 Å². The number of aryl methyl sites for hydroxylation is 1. The van der Waals surface area contributed by atoms with E-state index in [0.29, 0.717) is 12.1 Å². The molecule has 0 spiro atoms. The third kappa shape index (κ3) is 4.69. The maximum Gasteiger partial charge on any atom is 0.325 e. The molecule has 1 fully saturated rings. The molecule has 170 valence electrons. The van der Waals surface area contributed by atoms with Crippen LogP contribution in [0.4, 0.5) is 4.79 Å². The zero-order valence-corrected chi connectivity index (χ0v) is 19.9. The number of benzene rings is 2. The van der Waals surface area contributed by atoms with Gasteiger partial charge in [-0.1, -0.05) is 76.2 Å². The fraction of sp³-hybridized carbons (Fsp3) is 0.423. The van der Waals surface area contributed by atoms with Gasteiger partial charge in [-0.05, 0) is 41.0 Å². The predicted octanol–water partition coefficient (Wildman–Crippen LogP) is 3.97. The summed E-state index contributed by atoms with van der Waals surface area (Å²) in [5.74, 6) is -0.708. The predicted molar refractivity (Wildman–Crippen MR) is 125 cm³/mol. The summed E-state index contributed by atoms with van der Waals surface area (Å²) in [6.45, 7) is 10.3. The number of rotatable bonds is 6. The second kappa shape index (κ2) is 8.77. The highest BCUT2D eigenvalue weighted by atomic mass is 16.2. The van der Waals surface area contributed by atoms with Crippen molar-refractivity contribution in [3.8, 4) is 0 Å². The van der Waals surface area contributed by atoms with Crippen LogP contribution in [0.3, 0.4) is 0 Å². The van der Waals surface area contributed by atoms with Crippen LogP contribution in [0.15, 0.2) is 48.5 Å². The normalized spacial score (nSPS) is 18.6. The molecular weight excluding hydrogens is 402 g/mol. The number of carbonyl (C=O) groups is 3. The molecule has 0 saturated carbocycles. The van der Waals surface area contributed by atoms with Crippen LogP contribution in [0.5, 0.6) is 0 Å². The lowest BCUT2D eigenvalue weighted by Crippen LogP contribution is -2.43. The lowest BCUT2D eigenvalue weighted by atomic mass is 9.84. The van der Waals surface area contributed by atoms with E-state index in [-0.39, 0.29) is 17.9 Å². The number of likely N-dealkylation sites (N-methyl/N-ethyl adjacent to an activating group) is 1. The molecular formula is C26H33N3O3. The molecule has 6 nitrogen and oxygen atoms in total. The Morgan fingerprint density at radius 2 is 1.56 bits per heavy atom. The van der Waals surface area contributed by atoms with Crippen LogP contribution in [0.1, 0.15) is 56.9 Å². The minimum absolute atomic E-state index is 0.0116. The highest BCUT2D eigenvalue weighted by molar-refractivity contribution is 6.09. The zero-order valence-electron chi connectivity index (χ0n) is 19.9. The van der Waals surface area contributed by atoms with Crippen LogP contribution < -0.4 is 5.32 Å². The first kappa shape index (κ1) is 23.5. The summed E-state index contributed by atoms with van der Waals surface area (Å²) in [5, 5.41) is 2.78. The van der Waals surface area contributed by atoms with Crippen molar-refractivity contribution in [2.24, 2.45) is 0 Å². The van der Waals surface area contributed by atoms with Gasteiger partial charge in [-0.3, -0.25) is 14.5 Å². The molecule has 4 amide bonds. The Morgan fingerprint density at radius 3 is 2.09 bits per heavy atom. The molecule has 1 aliphatic rings. The van der Waals surface area contributed by atoms with Crippen molar-refractivity contribution in [2.45, 2.75) is 58.5 Å². The minimum atomic E-state index is -1.19. The smallest absolute Gasteiger partial charge is 0.325 e. The van der Waals surface area contributed by atoms with Gasteiger partial charge >= 0.3 is 6.03 Å². The van der Waals surface area contributed by atoms with E-state index in [4.69, 9.17) is 0 Å². The molecule has 0 aliphatic carbocycles. The number of imide groups is 1. The first-order valence-corrected chi connectivity index (χ1v) is 11.0. The molecule has 0 aromatic heterocycles. The summed E-state index contributed by atoms with van der Waals surface area (Å²) < 4.78 is 0. The van der Waals surface area contributed by atoms with Gasteiger partial charge in [0.2, 0.25) is 5.91 Å². The summed E-state index contributed by atoms with van der Waals surface area (Å²) in [6.07, 6.45) is 0.957. The van der Waals surface area contributed by atoms with Gasteiger partial charge < -0.3 is 10.2 Å². The van der Waals surface area contributed by atoms with Gasteiger partial charge in [0.15, 0.2) is 0 Å². The molecule has 2 aromatic rings. The van der Waals surface area contributed by atoms with Gasteiger partial charge in [-0.15, -0.1) is 0 Å². The van der Waals surface area contributed by atoms with E-state index in [2.05, 4.69) is 33.0 Å². The van der Waals surface area contributed by atoms with Crippen molar-refractivity contribution in [3.63, 3.8) is 0 Å². The number of hydrogen-bond acceptors (Lipinski definition) is 3. The lowest BCUT2D eigenvalue weighted by molar-refractivity contribution is -0.138. The highest BCUT2D eigenvalue weighted by Crippen LogP contribution is 2.31. The molecule has 1 atom stereocenters. The topological polar surface area (TPSA) is 69.7 Å². The Bertz CT molecular complexity index is 1010. The van der Waals surface area contributed by atoms with Crippen molar-refractivity contribution >= 4 is 17.8 Å². The Labute approximate surface area is 190 Å². The van der Waals surface area contributed by atoms with Crippen LogP contribution in [0.2, 0.25) is 0 Å². The molecule has 32 heavy (non-hydrogen) atoms. The maximum absolute atomic E-state index is 13.2. The molecule has 1 aliphatic heterocycles. The molecule has 0 bridgehead atoms. The average Bonchev–Trinajstić information content (AvgIpc) is 2.97. The van der Waals surface area contributed by atoms with E-state index in [1.165, 1.54) is 10.5 Å². The molecule has 0 unspecified atom stereocenters. The zero-order chi connectivity index (χ0) is 23.7. The van der Waals surface area contributed by atoms with Crippen molar-refractivity contribution in [3.05, 3.63) is 70.8 Å². The van der Waals surface area contributed by atoms with E-state index < -0.39 is 17.5 Å². The highest BCUT2D eigenvalue weighted by Gasteiger charge is 2.49. The second-order valence-corrected chi connectivity index (χ2v) is 9.69. The molecule has 3 rings (SSSR count). The molecule has 2 aromatic carbocycles. The van der Waals surface area contributed by atoms with Crippen LogP contribution >= 0.6 is 0 Å². The standard InChI is InChI=1S/C26H33N3O3/c1-7-18-8-10-19(11-9-18)16-28(6)22(30)17-29-23(31)26(5,27-24(29)32)21-14-12-20(13-15-21)25(2,3)4/h8-15H,7,16-17H2,1-6H3,(H,27,32)/t26-/m0/s1. The van der Waals surface area contributed by atoms with Crippen molar-refractivity contribution in [1.29, 1.82) is 0 Å². The second-order valence-electron chi connectivity index (χ2n) is 9.69. The summed E-state index contributed by atoms with van der Waals surface area (Å²) >= 11 is 0. The van der Waals surface area contributed by atoms with E-state index in [9.17, 15) is 14.4 Å². The third-order valence-electron chi connectivity index (χ3n) is 6.17. The molecule has 1 N–H and O–H groups in total. The number of carbonyl (C=O) groups excluding carboxylic acids is 3. The quantitative estimate of drug-likeness (QED) is 0.698. The fourth-order valence-corrected chi connectivity index (χ4v) is 3.84. The number of urea groups is 1. The van der Waals surface area contributed by atoms with Crippen molar-refractivity contribution < 1.29 is 14.4 Å². The molecule has 1 saturated heterocycles. The SMILES string of the molecule is CCc1ccc(CN(C)C(=O)CN2C(=O)N[C@@](C)(c3ccc(C(C)(C)C)cc3)C2=O)cc1. The molecule has 0 radical (unpaired) electrons. The van der Waals surface area contributed by atoms with Gasteiger partial charge in [0.1, 0.15) is 12.1 Å². The fourth-order valence-electron chi connectivity index (χ4n) is 3.84. The Kier molecular flexibility index (Phi) is 6.44. The van der Waals surface area contributed by atoms with Gasteiger partial charge in [0, 0.05) is 13.6 Å². The monoisotopic (exact) mass is 435 g/mol. The van der Waals surface area contributed by atoms with E-state index >= 15 is 0 Å². The number of amides is 4. The number of nitrogens with zero attached hydrogens (tertiary/aromatic N) is 2. The Hall–Kier alpha value is -3.15. The minimum Gasteiger partial charge on any atom is -0.340 e. The summed E-state index contributed by atoms with van der Waals surface area (Å²) in [5.41, 5.74) is 2.87.